The van der Waals surface area contributed by atoms with Crippen molar-refractivity contribution in [2.45, 2.75) is 72.3 Å². The van der Waals surface area contributed by atoms with E-state index in [-0.39, 0.29) is 10.5 Å². The van der Waals surface area contributed by atoms with Gasteiger partial charge in [-0.25, -0.2) is 0 Å². The lowest BCUT2D eigenvalue weighted by atomic mass is 10.0. The van der Waals surface area contributed by atoms with E-state index in [4.69, 9.17) is 8.84 Å². The summed E-state index contributed by atoms with van der Waals surface area (Å²) in [5.41, 5.74) is 3.14. The number of aliphatic hydroxyl groups is 1. The predicted octanol–water partition coefficient (Wildman–Crippen LogP) is 5.35. The Hall–Kier alpha value is -2.22. The molecule has 6 nitrogen and oxygen atoms in total. The molecule has 0 fully saturated rings. The van der Waals surface area contributed by atoms with E-state index < -0.39 is 14.4 Å². The van der Waals surface area contributed by atoms with Gasteiger partial charge in [0.2, 0.25) is 0 Å². The van der Waals surface area contributed by atoms with E-state index in [2.05, 4.69) is 39.0 Å². The van der Waals surface area contributed by atoms with Gasteiger partial charge in [-0.2, -0.15) is 5.10 Å². The SMILES string of the molecule is Cc1cc([C@H](C)O)c2oc(-c3cnn(CCO[Si](C)(C)C(C)(C)C)c3)c(C)c(=O)c2c1. The minimum atomic E-state index is -1.81. The third-order valence-corrected chi connectivity index (χ3v) is 10.9. The molecule has 7 heteroatoms. The van der Waals surface area contributed by atoms with Gasteiger partial charge in [-0.3, -0.25) is 9.48 Å². The first kappa shape index (κ1) is 23.4. The zero-order valence-corrected chi connectivity index (χ0v) is 20.9. The quantitative estimate of drug-likeness (QED) is 0.521. The summed E-state index contributed by atoms with van der Waals surface area (Å²) in [5, 5.41) is 15.3. The molecular formula is C24H34N2O4Si. The van der Waals surface area contributed by atoms with Crippen molar-refractivity contribution in [3.63, 3.8) is 0 Å². The van der Waals surface area contributed by atoms with E-state index in [0.717, 1.165) is 11.1 Å². The second-order valence-electron chi connectivity index (χ2n) is 9.89. The Balaban J connectivity index is 1.92. The molecule has 0 unspecified atom stereocenters. The van der Waals surface area contributed by atoms with Crippen molar-refractivity contribution in [1.82, 2.24) is 9.78 Å². The van der Waals surface area contributed by atoms with E-state index in [9.17, 15) is 9.90 Å². The number of hydrogen-bond donors (Lipinski definition) is 1. The highest BCUT2D eigenvalue weighted by atomic mass is 28.4. The zero-order valence-electron chi connectivity index (χ0n) is 19.9. The lowest BCUT2D eigenvalue weighted by Gasteiger charge is -2.36. The van der Waals surface area contributed by atoms with Crippen molar-refractivity contribution in [2.24, 2.45) is 0 Å². The van der Waals surface area contributed by atoms with Crippen LogP contribution in [0.2, 0.25) is 18.1 Å². The number of nitrogens with zero attached hydrogens (tertiary/aromatic N) is 2. The summed E-state index contributed by atoms with van der Waals surface area (Å²) >= 11 is 0. The van der Waals surface area contributed by atoms with Crippen molar-refractivity contribution in [3.05, 3.63) is 51.4 Å². The zero-order chi connectivity index (χ0) is 23.1. The molecule has 0 aliphatic rings. The van der Waals surface area contributed by atoms with E-state index in [1.54, 1.807) is 20.0 Å². The molecule has 168 valence electrons. The van der Waals surface area contributed by atoms with Crippen molar-refractivity contribution < 1.29 is 13.9 Å². The Morgan fingerprint density at radius 2 is 1.94 bits per heavy atom. The first-order valence-electron chi connectivity index (χ1n) is 10.7. The fraction of sp³-hybridized carbons (Fsp3) is 0.500. The van der Waals surface area contributed by atoms with Gasteiger partial charge in [-0.1, -0.05) is 20.8 Å². The van der Waals surface area contributed by atoms with Gasteiger partial charge in [-0.05, 0) is 56.6 Å². The molecule has 0 radical (unpaired) electrons. The van der Waals surface area contributed by atoms with Gasteiger partial charge in [0.05, 0.1) is 36.4 Å². The molecule has 1 atom stereocenters. The van der Waals surface area contributed by atoms with Gasteiger partial charge < -0.3 is 13.9 Å². The van der Waals surface area contributed by atoms with Gasteiger partial charge in [0.25, 0.3) is 0 Å². The minimum Gasteiger partial charge on any atom is -0.455 e. The first-order valence-corrected chi connectivity index (χ1v) is 13.7. The summed E-state index contributed by atoms with van der Waals surface area (Å²) in [5.74, 6) is 0.486. The normalized spacial score (nSPS) is 13.7. The molecule has 0 saturated heterocycles. The number of hydrogen-bond acceptors (Lipinski definition) is 5. The number of rotatable bonds is 6. The van der Waals surface area contributed by atoms with Crippen LogP contribution in [-0.2, 0) is 11.0 Å². The van der Waals surface area contributed by atoms with Crippen LogP contribution >= 0.6 is 0 Å². The molecule has 2 aromatic heterocycles. The smallest absolute Gasteiger partial charge is 0.196 e. The van der Waals surface area contributed by atoms with E-state index in [0.29, 0.717) is 41.0 Å². The van der Waals surface area contributed by atoms with Crippen LogP contribution in [0.15, 0.2) is 33.7 Å². The molecular weight excluding hydrogens is 408 g/mol. The maximum atomic E-state index is 13.0. The lowest BCUT2D eigenvalue weighted by molar-refractivity contribution is 0.199. The number of benzene rings is 1. The highest BCUT2D eigenvalue weighted by Gasteiger charge is 2.36. The molecule has 0 bridgehead atoms. The maximum Gasteiger partial charge on any atom is 0.196 e. The van der Waals surface area contributed by atoms with Crippen molar-refractivity contribution in [2.75, 3.05) is 6.61 Å². The van der Waals surface area contributed by atoms with Crippen LogP contribution < -0.4 is 5.43 Å². The van der Waals surface area contributed by atoms with Gasteiger partial charge in [-0.15, -0.1) is 0 Å². The number of aliphatic hydroxyl groups excluding tert-OH is 1. The van der Waals surface area contributed by atoms with Crippen molar-refractivity contribution in [1.29, 1.82) is 0 Å². The van der Waals surface area contributed by atoms with Gasteiger partial charge in [0.1, 0.15) is 11.3 Å². The molecule has 3 aromatic rings. The summed E-state index contributed by atoms with van der Waals surface area (Å²) in [7, 11) is -1.81. The summed E-state index contributed by atoms with van der Waals surface area (Å²) in [6.45, 7) is 17.7. The topological polar surface area (TPSA) is 77.5 Å². The Morgan fingerprint density at radius 3 is 2.55 bits per heavy atom. The van der Waals surface area contributed by atoms with Crippen LogP contribution in [0.3, 0.4) is 0 Å². The van der Waals surface area contributed by atoms with Crippen molar-refractivity contribution in [3.8, 4) is 11.3 Å². The van der Waals surface area contributed by atoms with Gasteiger partial charge in [0, 0.05) is 17.3 Å². The Kier molecular flexibility index (Phi) is 6.33. The highest BCUT2D eigenvalue weighted by molar-refractivity contribution is 6.74. The monoisotopic (exact) mass is 442 g/mol. The third-order valence-electron chi connectivity index (χ3n) is 6.33. The Morgan fingerprint density at radius 1 is 1.26 bits per heavy atom. The summed E-state index contributed by atoms with van der Waals surface area (Å²) in [6, 6.07) is 3.67. The number of aromatic nitrogens is 2. The molecule has 0 saturated carbocycles. The second kappa shape index (κ2) is 8.37. The molecule has 1 aromatic carbocycles. The Labute approximate surface area is 185 Å². The molecule has 31 heavy (non-hydrogen) atoms. The molecule has 0 aliphatic heterocycles. The molecule has 0 aliphatic carbocycles. The van der Waals surface area contributed by atoms with Crippen LogP contribution in [0, 0.1) is 13.8 Å². The van der Waals surface area contributed by atoms with Crippen LogP contribution in [0.4, 0.5) is 0 Å². The maximum absolute atomic E-state index is 13.0. The summed E-state index contributed by atoms with van der Waals surface area (Å²) in [6.07, 6.45) is 2.85. The second-order valence-corrected chi connectivity index (χ2v) is 14.7. The lowest BCUT2D eigenvalue weighted by Crippen LogP contribution is -2.41. The Bertz CT molecular complexity index is 1150. The van der Waals surface area contributed by atoms with Crippen LogP contribution in [0.25, 0.3) is 22.3 Å². The molecule has 2 heterocycles. The fourth-order valence-corrected chi connectivity index (χ4v) is 4.40. The summed E-state index contributed by atoms with van der Waals surface area (Å²) < 4.78 is 14.2. The third kappa shape index (κ3) is 4.68. The van der Waals surface area contributed by atoms with Crippen LogP contribution in [0.5, 0.6) is 0 Å². The van der Waals surface area contributed by atoms with Crippen LogP contribution in [0.1, 0.15) is 50.5 Å². The van der Waals surface area contributed by atoms with Crippen LogP contribution in [-0.4, -0.2) is 29.8 Å². The molecule has 0 amide bonds. The van der Waals surface area contributed by atoms with E-state index in [1.807, 2.05) is 29.9 Å². The first-order chi connectivity index (χ1) is 14.3. The van der Waals surface area contributed by atoms with Gasteiger partial charge >= 0.3 is 0 Å². The van der Waals surface area contributed by atoms with Crippen molar-refractivity contribution >= 4 is 19.3 Å². The minimum absolute atomic E-state index is 0.0872. The standard InChI is InChI=1S/C24H34N2O4Si/c1-15-11-19(17(3)27)23-20(12-15)21(28)16(2)22(30-23)18-13-25-26(14-18)9-10-29-31(7,8)24(4,5)6/h11-14,17,27H,9-10H2,1-8H3/t17-/m0/s1. The average molecular weight is 443 g/mol. The molecule has 0 spiro atoms. The fourth-order valence-electron chi connectivity index (χ4n) is 3.37. The predicted molar refractivity (Wildman–Crippen MR) is 127 cm³/mol. The highest BCUT2D eigenvalue weighted by Crippen LogP contribution is 2.36. The van der Waals surface area contributed by atoms with E-state index >= 15 is 0 Å². The average Bonchev–Trinajstić information content (AvgIpc) is 3.12. The number of aryl methyl sites for hydroxylation is 1. The largest absolute Gasteiger partial charge is 0.455 e. The van der Waals surface area contributed by atoms with E-state index in [1.165, 1.54) is 0 Å². The van der Waals surface area contributed by atoms with Gasteiger partial charge in [0.15, 0.2) is 13.7 Å². The summed E-state index contributed by atoms with van der Waals surface area (Å²) in [4.78, 5) is 13.0. The number of fused-ring (bicyclic) bond motifs is 1. The molecule has 1 N–H and O–H groups in total. The molecule has 3 rings (SSSR count).